The molecule has 0 saturated carbocycles. The van der Waals surface area contributed by atoms with E-state index in [9.17, 15) is 8.78 Å². The topological polar surface area (TPSA) is 47.1 Å². The first kappa shape index (κ1) is 20.3. The molecule has 3 aromatic carbocycles. The average Bonchev–Trinajstić information content (AvgIpc) is 3.14. The fraction of sp³-hybridized carbons (Fsp3) is 0.174. The third kappa shape index (κ3) is 5.14. The Bertz CT molecular complexity index is 1150. The van der Waals surface area contributed by atoms with E-state index in [2.05, 4.69) is 9.97 Å². The number of hydrogen-bond acceptors (Lipinski definition) is 3. The summed E-state index contributed by atoms with van der Waals surface area (Å²) in [5.41, 5.74) is 3.00. The van der Waals surface area contributed by atoms with E-state index in [0.29, 0.717) is 24.0 Å². The van der Waals surface area contributed by atoms with E-state index in [1.165, 1.54) is 0 Å². The van der Waals surface area contributed by atoms with E-state index in [1.54, 1.807) is 12.1 Å². The zero-order chi connectivity index (χ0) is 20.9. The lowest BCUT2D eigenvalue weighted by atomic mass is 10.1. The van der Waals surface area contributed by atoms with Crippen molar-refractivity contribution in [2.75, 3.05) is 6.61 Å². The molecule has 4 aromatic rings. The third-order valence-electron chi connectivity index (χ3n) is 4.59. The van der Waals surface area contributed by atoms with Crippen molar-refractivity contribution >= 4 is 22.6 Å². The van der Waals surface area contributed by atoms with Crippen LogP contribution in [0.1, 0.15) is 17.0 Å². The van der Waals surface area contributed by atoms with Crippen molar-refractivity contribution in [3.8, 4) is 5.75 Å². The van der Waals surface area contributed by atoms with Gasteiger partial charge in [0.2, 0.25) is 0 Å². The highest BCUT2D eigenvalue weighted by Crippen LogP contribution is 2.18. The molecule has 4 rings (SSSR count). The fourth-order valence-electron chi connectivity index (χ4n) is 3.03. The highest BCUT2D eigenvalue weighted by molar-refractivity contribution is 6.31. The van der Waals surface area contributed by atoms with Crippen molar-refractivity contribution in [1.29, 1.82) is 0 Å². The van der Waals surface area contributed by atoms with Crippen LogP contribution in [0.25, 0.3) is 11.0 Å². The van der Waals surface area contributed by atoms with Crippen molar-refractivity contribution in [2.24, 2.45) is 0 Å². The van der Waals surface area contributed by atoms with Gasteiger partial charge in [0, 0.05) is 10.6 Å². The molecule has 0 atom stereocenters. The molecule has 7 heteroatoms. The Hall–Kier alpha value is -2.96. The maximum Gasteiger partial charge on any atom is 0.133 e. The van der Waals surface area contributed by atoms with Gasteiger partial charge >= 0.3 is 0 Å². The molecule has 0 unspecified atom stereocenters. The van der Waals surface area contributed by atoms with Crippen LogP contribution in [-0.2, 0) is 24.4 Å². The Balaban J connectivity index is 1.23. The maximum atomic E-state index is 13.6. The van der Waals surface area contributed by atoms with Gasteiger partial charge in [0.25, 0.3) is 0 Å². The van der Waals surface area contributed by atoms with Crippen molar-refractivity contribution in [1.82, 2.24) is 9.97 Å². The number of hydrogen-bond donors (Lipinski definition) is 1. The summed E-state index contributed by atoms with van der Waals surface area (Å²) in [4.78, 5) is 7.66. The van der Waals surface area contributed by atoms with Crippen molar-refractivity contribution in [3.63, 3.8) is 0 Å². The number of nitrogens with one attached hydrogen (secondary N) is 1. The van der Waals surface area contributed by atoms with Crippen molar-refractivity contribution in [2.45, 2.75) is 19.6 Å². The molecule has 0 bridgehead atoms. The van der Waals surface area contributed by atoms with Crippen LogP contribution < -0.4 is 4.74 Å². The number of aromatic amines is 1. The molecule has 0 aliphatic rings. The molecule has 0 amide bonds. The standard InChI is InChI=1S/C23H19ClF2N2O2/c24-17-3-8-21-22(12-17)28-23(27-21)14-29-10-9-15-1-5-19(6-2-15)30-13-16-11-18(25)4-7-20(16)26/h1-8,11-12H,9-10,13-14H2,(H,27,28). The molecule has 0 aliphatic carbocycles. The Kier molecular flexibility index (Phi) is 6.26. The molecule has 0 radical (unpaired) electrons. The largest absolute Gasteiger partial charge is 0.489 e. The van der Waals surface area contributed by atoms with Crippen LogP contribution in [0.2, 0.25) is 5.02 Å². The lowest BCUT2D eigenvalue weighted by molar-refractivity contribution is 0.119. The summed E-state index contributed by atoms with van der Waals surface area (Å²) in [6, 6.07) is 16.3. The van der Waals surface area contributed by atoms with Gasteiger partial charge in [0.05, 0.1) is 17.6 Å². The number of rotatable bonds is 8. The van der Waals surface area contributed by atoms with Crippen LogP contribution in [0.15, 0.2) is 60.7 Å². The van der Waals surface area contributed by atoms with Crippen LogP contribution >= 0.6 is 11.6 Å². The number of imidazole rings is 1. The van der Waals surface area contributed by atoms with Crippen LogP contribution in [0.3, 0.4) is 0 Å². The zero-order valence-corrected chi connectivity index (χ0v) is 16.8. The summed E-state index contributed by atoms with van der Waals surface area (Å²) in [5.74, 6) is 0.361. The third-order valence-corrected chi connectivity index (χ3v) is 4.83. The van der Waals surface area contributed by atoms with Gasteiger partial charge in [-0.2, -0.15) is 0 Å². The number of halogens is 3. The van der Waals surface area contributed by atoms with Gasteiger partial charge in [-0.25, -0.2) is 13.8 Å². The first-order chi connectivity index (χ1) is 14.6. The normalized spacial score (nSPS) is 11.2. The SMILES string of the molecule is Fc1ccc(F)c(COc2ccc(CCOCc3nc4cc(Cl)ccc4[nH]3)cc2)c1. The first-order valence-corrected chi connectivity index (χ1v) is 9.82. The highest BCUT2D eigenvalue weighted by Gasteiger charge is 2.06. The minimum Gasteiger partial charge on any atom is -0.489 e. The number of aromatic nitrogens is 2. The molecule has 1 aromatic heterocycles. The molecule has 0 spiro atoms. The molecule has 1 heterocycles. The summed E-state index contributed by atoms with van der Waals surface area (Å²) in [6.07, 6.45) is 0.727. The smallest absolute Gasteiger partial charge is 0.133 e. The second-order valence-electron chi connectivity index (χ2n) is 6.82. The second-order valence-corrected chi connectivity index (χ2v) is 7.25. The van der Waals surface area contributed by atoms with E-state index in [-0.39, 0.29) is 12.2 Å². The van der Waals surface area contributed by atoms with Gasteiger partial charge in [-0.3, -0.25) is 0 Å². The quantitative estimate of drug-likeness (QED) is 0.359. The molecular weight excluding hydrogens is 410 g/mol. The van der Waals surface area contributed by atoms with E-state index in [4.69, 9.17) is 21.1 Å². The van der Waals surface area contributed by atoms with Gasteiger partial charge in [-0.15, -0.1) is 0 Å². The highest BCUT2D eigenvalue weighted by atomic mass is 35.5. The van der Waals surface area contributed by atoms with Crippen molar-refractivity contribution in [3.05, 3.63) is 94.3 Å². The van der Waals surface area contributed by atoms with E-state index >= 15 is 0 Å². The average molecular weight is 429 g/mol. The number of H-pyrrole nitrogens is 1. The van der Waals surface area contributed by atoms with Crippen LogP contribution in [0, 0.1) is 11.6 Å². The van der Waals surface area contributed by atoms with E-state index in [0.717, 1.165) is 47.0 Å². The number of fused-ring (bicyclic) bond motifs is 1. The predicted molar refractivity (Wildman–Crippen MR) is 112 cm³/mol. The Labute approximate surface area is 177 Å². The van der Waals surface area contributed by atoms with Crippen LogP contribution in [0.4, 0.5) is 8.78 Å². The molecule has 0 fully saturated rings. The Morgan fingerprint density at radius 2 is 1.77 bits per heavy atom. The maximum absolute atomic E-state index is 13.6. The summed E-state index contributed by atoms with van der Waals surface area (Å²) in [5, 5.41) is 0.648. The summed E-state index contributed by atoms with van der Waals surface area (Å²) >= 11 is 5.97. The molecular formula is C23H19ClF2N2O2. The number of benzene rings is 3. The lowest BCUT2D eigenvalue weighted by Crippen LogP contribution is -2.01. The second kappa shape index (κ2) is 9.24. The van der Waals surface area contributed by atoms with Crippen LogP contribution in [-0.4, -0.2) is 16.6 Å². The summed E-state index contributed by atoms with van der Waals surface area (Å²) in [6.45, 7) is 0.883. The van der Waals surface area contributed by atoms with Gasteiger partial charge in [0.1, 0.15) is 36.4 Å². The minimum absolute atomic E-state index is 0.0330. The number of ether oxygens (including phenoxy) is 2. The summed E-state index contributed by atoms with van der Waals surface area (Å²) < 4.78 is 38.1. The lowest BCUT2D eigenvalue weighted by Gasteiger charge is -2.08. The monoisotopic (exact) mass is 428 g/mol. The van der Waals surface area contributed by atoms with Crippen LogP contribution in [0.5, 0.6) is 5.75 Å². The van der Waals surface area contributed by atoms with Gasteiger partial charge in [-0.1, -0.05) is 23.7 Å². The molecule has 4 nitrogen and oxygen atoms in total. The van der Waals surface area contributed by atoms with Gasteiger partial charge < -0.3 is 14.5 Å². The first-order valence-electron chi connectivity index (χ1n) is 9.44. The molecule has 0 aliphatic heterocycles. The van der Waals surface area contributed by atoms with Gasteiger partial charge in [-0.05, 0) is 60.5 Å². The summed E-state index contributed by atoms with van der Waals surface area (Å²) in [7, 11) is 0. The van der Waals surface area contributed by atoms with E-state index in [1.807, 2.05) is 30.3 Å². The van der Waals surface area contributed by atoms with Gasteiger partial charge in [0.15, 0.2) is 0 Å². The predicted octanol–water partition coefficient (Wildman–Crippen LogP) is 5.83. The number of nitrogens with zero attached hydrogens (tertiary/aromatic N) is 1. The minimum atomic E-state index is -0.489. The molecule has 1 N–H and O–H groups in total. The Morgan fingerprint density at radius 3 is 2.60 bits per heavy atom. The van der Waals surface area contributed by atoms with Crippen molar-refractivity contribution < 1.29 is 18.3 Å². The molecule has 0 saturated heterocycles. The molecule has 30 heavy (non-hydrogen) atoms. The molecule has 154 valence electrons. The zero-order valence-electron chi connectivity index (χ0n) is 16.0. The van der Waals surface area contributed by atoms with E-state index < -0.39 is 11.6 Å². The Morgan fingerprint density at radius 1 is 0.933 bits per heavy atom. The fourth-order valence-corrected chi connectivity index (χ4v) is 3.19.